The van der Waals surface area contributed by atoms with Crippen LogP contribution in [0.2, 0.25) is 0 Å². The van der Waals surface area contributed by atoms with E-state index in [2.05, 4.69) is 16.8 Å². The highest BCUT2D eigenvalue weighted by molar-refractivity contribution is 5.10. The fraction of sp³-hybridized carbons (Fsp3) is 0.643. The molecule has 0 spiro atoms. The zero-order valence-electron chi connectivity index (χ0n) is 11.5. The van der Waals surface area contributed by atoms with Crippen molar-refractivity contribution in [2.24, 2.45) is 11.7 Å². The topological polar surface area (TPSA) is 62.4 Å². The van der Waals surface area contributed by atoms with Crippen molar-refractivity contribution in [2.45, 2.75) is 31.9 Å². The molecule has 106 valence electrons. The Kier molecular flexibility index (Phi) is 4.18. The van der Waals surface area contributed by atoms with Crippen LogP contribution in [0.1, 0.15) is 32.0 Å². The quantitative estimate of drug-likeness (QED) is 0.863. The maximum Gasteiger partial charge on any atom is 0.141 e. The molecule has 19 heavy (non-hydrogen) atoms. The summed E-state index contributed by atoms with van der Waals surface area (Å²) in [6.07, 6.45) is 1.99. The first-order valence-corrected chi connectivity index (χ1v) is 6.69. The standard InChI is InChI=1S/C14H22FN3O/c1-10(8-18-6-5-14(2,19)9-18)13(16)12-4-3-11(15)7-17-12/h3-4,7,10,13,19H,5-6,8-9,16H2,1-2H3. The van der Waals surface area contributed by atoms with Gasteiger partial charge in [-0.25, -0.2) is 4.39 Å². The Balaban J connectivity index is 1.92. The number of pyridine rings is 1. The highest BCUT2D eigenvalue weighted by Crippen LogP contribution is 2.24. The van der Waals surface area contributed by atoms with Gasteiger partial charge in [-0.15, -0.1) is 0 Å². The number of halogens is 1. The molecule has 0 aliphatic carbocycles. The van der Waals surface area contributed by atoms with Gasteiger partial charge in [0.1, 0.15) is 5.82 Å². The van der Waals surface area contributed by atoms with Crippen molar-refractivity contribution in [3.8, 4) is 0 Å². The second-order valence-corrected chi connectivity index (χ2v) is 5.89. The van der Waals surface area contributed by atoms with Gasteiger partial charge in [-0.05, 0) is 31.4 Å². The number of hydrogen-bond acceptors (Lipinski definition) is 4. The van der Waals surface area contributed by atoms with Crippen LogP contribution in [0.25, 0.3) is 0 Å². The fourth-order valence-electron chi connectivity index (χ4n) is 2.59. The molecule has 2 heterocycles. The maximum atomic E-state index is 12.8. The van der Waals surface area contributed by atoms with Gasteiger partial charge in [0.2, 0.25) is 0 Å². The second kappa shape index (κ2) is 5.53. The molecule has 2 rings (SSSR count). The van der Waals surface area contributed by atoms with Crippen LogP contribution in [0, 0.1) is 11.7 Å². The number of β-amino-alcohol motifs (C(OH)–C–C–N with tert-alkyl or cyclic N) is 1. The lowest BCUT2D eigenvalue weighted by Gasteiger charge is -2.26. The van der Waals surface area contributed by atoms with Crippen LogP contribution in [-0.4, -0.2) is 40.2 Å². The number of rotatable bonds is 4. The van der Waals surface area contributed by atoms with Gasteiger partial charge in [0.05, 0.1) is 23.5 Å². The number of aliphatic hydroxyl groups is 1. The van der Waals surface area contributed by atoms with Crippen LogP contribution in [0.3, 0.4) is 0 Å². The largest absolute Gasteiger partial charge is 0.389 e. The van der Waals surface area contributed by atoms with Crippen molar-refractivity contribution in [3.63, 3.8) is 0 Å². The summed E-state index contributed by atoms with van der Waals surface area (Å²) in [7, 11) is 0. The fourth-order valence-corrected chi connectivity index (χ4v) is 2.59. The first kappa shape index (κ1) is 14.4. The lowest BCUT2D eigenvalue weighted by molar-refractivity contribution is 0.0664. The molecule has 0 radical (unpaired) electrons. The van der Waals surface area contributed by atoms with Gasteiger partial charge in [-0.3, -0.25) is 4.98 Å². The van der Waals surface area contributed by atoms with E-state index in [9.17, 15) is 9.50 Å². The molecular formula is C14H22FN3O. The van der Waals surface area contributed by atoms with Crippen LogP contribution in [0.4, 0.5) is 4.39 Å². The zero-order chi connectivity index (χ0) is 14.0. The van der Waals surface area contributed by atoms with Gasteiger partial charge in [0.15, 0.2) is 0 Å². The smallest absolute Gasteiger partial charge is 0.141 e. The Bertz CT molecular complexity index is 421. The van der Waals surface area contributed by atoms with Crippen LogP contribution in [0.15, 0.2) is 18.3 Å². The van der Waals surface area contributed by atoms with Gasteiger partial charge in [0, 0.05) is 19.6 Å². The van der Waals surface area contributed by atoms with Gasteiger partial charge in [-0.2, -0.15) is 0 Å². The van der Waals surface area contributed by atoms with Crippen molar-refractivity contribution in [3.05, 3.63) is 29.8 Å². The predicted octanol–water partition coefficient (Wildman–Crippen LogP) is 1.31. The Hall–Kier alpha value is -1.04. The molecule has 0 aromatic carbocycles. The number of nitrogens with two attached hydrogens (primary N) is 1. The Morgan fingerprint density at radius 1 is 1.58 bits per heavy atom. The Morgan fingerprint density at radius 3 is 2.84 bits per heavy atom. The van der Waals surface area contributed by atoms with E-state index >= 15 is 0 Å². The van der Waals surface area contributed by atoms with E-state index in [0.717, 1.165) is 19.5 Å². The van der Waals surface area contributed by atoms with Gasteiger partial charge in [-0.1, -0.05) is 6.92 Å². The lowest BCUT2D eigenvalue weighted by atomic mass is 9.98. The minimum Gasteiger partial charge on any atom is -0.389 e. The Labute approximate surface area is 113 Å². The SMILES string of the molecule is CC(CN1CCC(C)(O)C1)C(N)c1ccc(F)cn1. The van der Waals surface area contributed by atoms with Crippen LogP contribution < -0.4 is 5.73 Å². The zero-order valence-corrected chi connectivity index (χ0v) is 11.5. The average Bonchev–Trinajstić information content (AvgIpc) is 2.68. The summed E-state index contributed by atoms with van der Waals surface area (Å²) in [5.74, 6) is -0.147. The van der Waals surface area contributed by atoms with Crippen molar-refractivity contribution in [1.82, 2.24) is 9.88 Å². The molecule has 1 aromatic rings. The number of nitrogens with zero attached hydrogens (tertiary/aromatic N) is 2. The monoisotopic (exact) mass is 267 g/mol. The summed E-state index contributed by atoms with van der Waals surface area (Å²) in [4.78, 5) is 6.25. The third-order valence-corrected chi connectivity index (χ3v) is 3.78. The third kappa shape index (κ3) is 3.72. The molecule has 3 unspecified atom stereocenters. The molecule has 1 aliphatic rings. The van der Waals surface area contributed by atoms with E-state index in [-0.39, 0.29) is 17.8 Å². The minimum absolute atomic E-state index is 0.201. The molecule has 3 N–H and O–H groups in total. The van der Waals surface area contributed by atoms with Crippen molar-refractivity contribution in [1.29, 1.82) is 0 Å². The molecule has 4 nitrogen and oxygen atoms in total. The lowest BCUT2D eigenvalue weighted by Crippen LogP contribution is -2.35. The second-order valence-electron chi connectivity index (χ2n) is 5.89. The van der Waals surface area contributed by atoms with E-state index in [1.54, 1.807) is 6.07 Å². The molecule has 0 bridgehead atoms. The summed E-state index contributed by atoms with van der Waals surface area (Å²) >= 11 is 0. The van der Waals surface area contributed by atoms with Gasteiger partial charge in [0.25, 0.3) is 0 Å². The molecular weight excluding hydrogens is 245 g/mol. The minimum atomic E-state index is -0.585. The van der Waals surface area contributed by atoms with E-state index in [1.165, 1.54) is 12.3 Å². The Morgan fingerprint density at radius 2 is 2.32 bits per heavy atom. The van der Waals surface area contributed by atoms with Crippen molar-refractivity contribution >= 4 is 0 Å². The molecule has 3 atom stereocenters. The summed E-state index contributed by atoms with van der Waals surface area (Å²) in [6.45, 7) is 6.31. The van der Waals surface area contributed by atoms with Crippen LogP contribution in [-0.2, 0) is 0 Å². The highest BCUT2D eigenvalue weighted by atomic mass is 19.1. The highest BCUT2D eigenvalue weighted by Gasteiger charge is 2.32. The normalized spacial score (nSPS) is 27.4. The number of aromatic nitrogens is 1. The van der Waals surface area contributed by atoms with E-state index in [4.69, 9.17) is 5.73 Å². The third-order valence-electron chi connectivity index (χ3n) is 3.78. The molecule has 1 saturated heterocycles. The van der Waals surface area contributed by atoms with Crippen LogP contribution in [0.5, 0.6) is 0 Å². The maximum absolute atomic E-state index is 12.8. The van der Waals surface area contributed by atoms with Crippen molar-refractivity contribution in [2.75, 3.05) is 19.6 Å². The number of likely N-dealkylation sites (tertiary alicyclic amines) is 1. The van der Waals surface area contributed by atoms with Gasteiger partial charge < -0.3 is 15.7 Å². The molecule has 1 fully saturated rings. The van der Waals surface area contributed by atoms with E-state index < -0.39 is 5.60 Å². The van der Waals surface area contributed by atoms with E-state index in [0.29, 0.717) is 12.2 Å². The van der Waals surface area contributed by atoms with Gasteiger partial charge >= 0.3 is 0 Å². The predicted molar refractivity (Wildman–Crippen MR) is 72.0 cm³/mol. The molecule has 1 aromatic heterocycles. The summed E-state index contributed by atoms with van der Waals surface area (Å²) in [6, 6.07) is 2.80. The first-order valence-electron chi connectivity index (χ1n) is 6.69. The molecule has 1 aliphatic heterocycles. The first-order chi connectivity index (χ1) is 8.87. The summed E-state index contributed by atoms with van der Waals surface area (Å²) < 4.78 is 12.8. The molecule has 0 amide bonds. The molecule has 0 saturated carbocycles. The van der Waals surface area contributed by atoms with E-state index in [1.807, 2.05) is 6.92 Å². The molecule has 5 heteroatoms. The summed E-state index contributed by atoms with van der Waals surface area (Å²) in [5, 5.41) is 9.94. The van der Waals surface area contributed by atoms with Crippen molar-refractivity contribution < 1.29 is 9.50 Å². The van der Waals surface area contributed by atoms with Crippen LogP contribution >= 0.6 is 0 Å². The average molecular weight is 267 g/mol. The number of hydrogen-bond donors (Lipinski definition) is 2. The summed E-state index contributed by atoms with van der Waals surface area (Å²) in [5.41, 5.74) is 6.28.